The van der Waals surface area contributed by atoms with Gasteiger partial charge in [-0.25, -0.2) is 8.78 Å². The third-order valence-corrected chi connectivity index (χ3v) is 3.77. The Morgan fingerprint density at radius 1 is 1.24 bits per heavy atom. The number of aliphatic hydroxyl groups is 1. The molecule has 1 aromatic rings. The Kier molecular flexibility index (Phi) is 3.19. The van der Waals surface area contributed by atoms with Gasteiger partial charge in [0.2, 0.25) is 0 Å². The van der Waals surface area contributed by atoms with Crippen LogP contribution >= 0.6 is 0 Å². The topological polar surface area (TPSA) is 32.3 Å². The zero-order chi connectivity index (χ0) is 12.6. The minimum absolute atomic E-state index is 0.119. The number of hydrogen-bond donors (Lipinski definition) is 2. The van der Waals surface area contributed by atoms with Crippen LogP contribution in [0.5, 0.6) is 0 Å². The van der Waals surface area contributed by atoms with E-state index in [1.807, 2.05) is 13.8 Å². The smallest absolute Gasteiger partial charge is 0.132 e. The normalized spacial score (nSPS) is 33.7. The van der Waals surface area contributed by atoms with Crippen LogP contribution < -0.4 is 5.32 Å². The molecule has 2 rings (SSSR count). The van der Waals surface area contributed by atoms with E-state index in [0.29, 0.717) is 13.1 Å². The maximum absolute atomic E-state index is 13.8. The van der Waals surface area contributed by atoms with Crippen LogP contribution in [0, 0.1) is 23.5 Å². The van der Waals surface area contributed by atoms with E-state index in [9.17, 15) is 13.9 Å². The van der Waals surface area contributed by atoms with Crippen LogP contribution in [0.2, 0.25) is 0 Å². The molecule has 2 N–H and O–H groups in total. The molecule has 94 valence electrons. The van der Waals surface area contributed by atoms with Gasteiger partial charge >= 0.3 is 0 Å². The Balaban J connectivity index is 2.48. The summed E-state index contributed by atoms with van der Waals surface area (Å²) >= 11 is 0. The van der Waals surface area contributed by atoms with Crippen molar-refractivity contribution in [1.29, 1.82) is 0 Å². The highest BCUT2D eigenvalue weighted by molar-refractivity contribution is 5.27. The van der Waals surface area contributed by atoms with Gasteiger partial charge in [0.05, 0.1) is 5.60 Å². The lowest BCUT2D eigenvalue weighted by Crippen LogP contribution is -2.53. The van der Waals surface area contributed by atoms with E-state index in [-0.39, 0.29) is 17.4 Å². The summed E-state index contributed by atoms with van der Waals surface area (Å²) in [6, 6.07) is 3.37. The van der Waals surface area contributed by atoms with E-state index in [2.05, 4.69) is 5.32 Å². The summed E-state index contributed by atoms with van der Waals surface area (Å²) in [5, 5.41) is 13.9. The Morgan fingerprint density at radius 3 is 2.35 bits per heavy atom. The quantitative estimate of drug-likeness (QED) is 0.788. The first-order valence-corrected chi connectivity index (χ1v) is 5.85. The van der Waals surface area contributed by atoms with Gasteiger partial charge in [-0.1, -0.05) is 19.9 Å². The molecule has 1 aromatic carbocycles. The van der Waals surface area contributed by atoms with Gasteiger partial charge in [0.1, 0.15) is 11.6 Å². The van der Waals surface area contributed by atoms with Crippen LogP contribution in [0.4, 0.5) is 8.78 Å². The summed E-state index contributed by atoms with van der Waals surface area (Å²) in [5.41, 5.74) is -1.04. The van der Waals surface area contributed by atoms with Crippen LogP contribution in [0.1, 0.15) is 19.4 Å². The molecule has 0 bridgehead atoms. The molecule has 1 aliphatic rings. The maximum atomic E-state index is 13.8. The summed E-state index contributed by atoms with van der Waals surface area (Å²) < 4.78 is 26.7. The van der Waals surface area contributed by atoms with Gasteiger partial charge in [-0.15, -0.1) is 0 Å². The molecule has 0 unspecified atom stereocenters. The first-order chi connectivity index (χ1) is 7.96. The van der Waals surface area contributed by atoms with Crippen molar-refractivity contribution in [3.63, 3.8) is 0 Å². The van der Waals surface area contributed by atoms with Gasteiger partial charge in [-0.2, -0.15) is 0 Å². The van der Waals surface area contributed by atoms with Crippen molar-refractivity contribution >= 4 is 0 Å². The predicted octanol–water partition coefficient (Wildman–Crippen LogP) is 2.03. The van der Waals surface area contributed by atoms with E-state index in [1.165, 1.54) is 12.1 Å². The Hall–Kier alpha value is -1.00. The molecular formula is C13H17F2NO. The average molecular weight is 241 g/mol. The molecule has 0 saturated carbocycles. The molecule has 0 amide bonds. The molecule has 1 fully saturated rings. The van der Waals surface area contributed by atoms with E-state index < -0.39 is 17.2 Å². The lowest BCUT2D eigenvalue weighted by Gasteiger charge is -2.44. The first kappa shape index (κ1) is 12.5. The Morgan fingerprint density at radius 2 is 1.82 bits per heavy atom. The van der Waals surface area contributed by atoms with E-state index in [4.69, 9.17) is 0 Å². The van der Waals surface area contributed by atoms with Gasteiger partial charge in [0.25, 0.3) is 0 Å². The number of hydrogen-bond acceptors (Lipinski definition) is 2. The second-order valence-electron chi connectivity index (χ2n) is 4.91. The maximum Gasteiger partial charge on any atom is 0.132 e. The lowest BCUT2D eigenvalue weighted by molar-refractivity contribution is -0.0831. The Labute approximate surface area is 99.7 Å². The number of piperidine rings is 1. The highest BCUT2D eigenvalue weighted by atomic mass is 19.1. The third kappa shape index (κ3) is 1.96. The molecule has 4 heteroatoms. The SMILES string of the molecule is C[C@@H]1CNC[C@H](C)[C@]1(O)c1ccc(F)cc1F. The summed E-state index contributed by atoms with van der Waals surface area (Å²) in [7, 11) is 0. The van der Waals surface area contributed by atoms with Crippen molar-refractivity contribution in [2.75, 3.05) is 13.1 Å². The van der Waals surface area contributed by atoms with Crippen LogP contribution in [-0.2, 0) is 5.60 Å². The van der Waals surface area contributed by atoms with Crippen LogP contribution in [-0.4, -0.2) is 18.2 Å². The second kappa shape index (κ2) is 4.35. The highest BCUT2D eigenvalue weighted by Crippen LogP contribution is 2.40. The van der Waals surface area contributed by atoms with E-state index in [1.54, 1.807) is 0 Å². The van der Waals surface area contributed by atoms with Gasteiger partial charge in [-0.3, -0.25) is 0 Å². The van der Waals surface area contributed by atoms with Crippen LogP contribution in [0.3, 0.4) is 0 Å². The molecule has 0 aromatic heterocycles. The van der Waals surface area contributed by atoms with Gasteiger partial charge in [0.15, 0.2) is 0 Å². The molecule has 1 heterocycles. The van der Waals surface area contributed by atoms with Crippen molar-refractivity contribution in [2.45, 2.75) is 19.4 Å². The fourth-order valence-electron chi connectivity index (χ4n) is 2.66. The predicted molar refractivity (Wildman–Crippen MR) is 61.5 cm³/mol. The van der Waals surface area contributed by atoms with Crippen molar-refractivity contribution < 1.29 is 13.9 Å². The largest absolute Gasteiger partial charge is 0.384 e. The highest BCUT2D eigenvalue weighted by Gasteiger charge is 2.44. The van der Waals surface area contributed by atoms with Gasteiger partial charge in [0, 0.05) is 36.6 Å². The van der Waals surface area contributed by atoms with Crippen molar-refractivity contribution in [2.24, 2.45) is 11.8 Å². The fourth-order valence-corrected chi connectivity index (χ4v) is 2.66. The molecule has 2 nitrogen and oxygen atoms in total. The average Bonchev–Trinajstić information content (AvgIpc) is 2.26. The summed E-state index contributed by atoms with van der Waals surface area (Å²) in [5.74, 6) is -1.53. The van der Waals surface area contributed by atoms with Crippen molar-refractivity contribution in [3.05, 3.63) is 35.4 Å². The zero-order valence-electron chi connectivity index (χ0n) is 10.0. The summed E-state index contributed by atoms with van der Waals surface area (Å²) in [6.45, 7) is 4.98. The second-order valence-corrected chi connectivity index (χ2v) is 4.91. The standard InChI is InChI=1S/C13H17F2NO/c1-8-6-16-7-9(2)13(8,17)11-4-3-10(14)5-12(11)15/h3-5,8-9,16-17H,6-7H2,1-2H3/t8-,9+,13+. The lowest BCUT2D eigenvalue weighted by atomic mass is 9.71. The van der Waals surface area contributed by atoms with Gasteiger partial charge < -0.3 is 10.4 Å². The fraction of sp³-hybridized carbons (Fsp3) is 0.538. The molecular weight excluding hydrogens is 224 g/mol. The zero-order valence-corrected chi connectivity index (χ0v) is 10.0. The van der Waals surface area contributed by atoms with Crippen LogP contribution in [0.25, 0.3) is 0 Å². The molecule has 1 aliphatic heterocycles. The molecule has 0 spiro atoms. The molecule has 0 aliphatic carbocycles. The van der Waals surface area contributed by atoms with Gasteiger partial charge in [-0.05, 0) is 6.07 Å². The summed E-state index contributed by atoms with van der Waals surface area (Å²) in [4.78, 5) is 0. The summed E-state index contributed by atoms with van der Waals surface area (Å²) in [6.07, 6.45) is 0. The molecule has 0 radical (unpaired) electrons. The minimum Gasteiger partial charge on any atom is -0.384 e. The molecule has 17 heavy (non-hydrogen) atoms. The molecule has 1 saturated heterocycles. The number of benzene rings is 1. The third-order valence-electron chi connectivity index (χ3n) is 3.77. The monoisotopic (exact) mass is 241 g/mol. The van der Waals surface area contributed by atoms with E-state index in [0.717, 1.165) is 6.07 Å². The van der Waals surface area contributed by atoms with Crippen molar-refractivity contribution in [1.82, 2.24) is 5.32 Å². The first-order valence-electron chi connectivity index (χ1n) is 5.85. The number of halogens is 2. The number of rotatable bonds is 1. The molecule has 3 atom stereocenters. The Bertz CT molecular complexity index is 412. The van der Waals surface area contributed by atoms with Crippen molar-refractivity contribution in [3.8, 4) is 0 Å². The minimum atomic E-state index is -1.23. The van der Waals surface area contributed by atoms with Crippen LogP contribution in [0.15, 0.2) is 18.2 Å². The number of nitrogens with one attached hydrogen (secondary N) is 1. The van der Waals surface area contributed by atoms with E-state index >= 15 is 0 Å².